The van der Waals surface area contributed by atoms with Gasteiger partial charge in [0.15, 0.2) is 5.78 Å². The molecule has 6 heteroatoms. The maximum absolute atomic E-state index is 13.4. The highest BCUT2D eigenvalue weighted by atomic mass is 19.1. The molecule has 2 heterocycles. The minimum atomic E-state index is -0.568. The van der Waals surface area contributed by atoms with E-state index in [1.165, 1.54) is 17.0 Å². The van der Waals surface area contributed by atoms with Crippen LogP contribution in [0.4, 0.5) is 9.18 Å². The Labute approximate surface area is 163 Å². The first kappa shape index (κ1) is 19.6. The van der Waals surface area contributed by atoms with Crippen LogP contribution in [0, 0.1) is 5.82 Å². The van der Waals surface area contributed by atoms with Gasteiger partial charge in [-0.1, -0.05) is 30.9 Å². The predicted octanol–water partition coefficient (Wildman–Crippen LogP) is 4.78. The van der Waals surface area contributed by atoms with Crippen LogP contribution in [-0.4, -0.2) is 41.0 Å². The molecule has 3 rings (SSSR count). The summed E-state index contributed by atoms with van der Waals surface area (Å²) in [6.07, 6.45) is 9.50. The molecule has 1 aromatic carbocycles. The smallest absolute Gasteiger partial charge is 0.410 e. The summed E-state index contributed by atoms with van der Waals surface area (Å²) in [5.74, 6) is -0.528. The molecule has 1 saturated heterocycles. The first-order valence-corrected chi connectivity index (χ1v) is 9.20. The van der Waals surface area contributed by atoms with Crippen LogP contribution in [-0.2, 0) is 4.74 Å². The Morgan fingerprint density at radius 1 is 1.39 bits per heavy atom. The van der Waals surface area contributed by atoms with E-state index < -0.39 is 12.1 Å². The molecule has 0 spiro atoms. The number of fused-ring (bicyclic) bond motifs is 1. The quantitative estimate of drug-likeness (QED) is 0.578. The summed E-state index contributed by atoms with van der Waals surface area (Å²) in [4.78, 5) is 30.0. The Bertz CT molecular complexity index is 958. The molecule has 146 valence electrons. The number of aromatic amines is 1. The first-order chi connectivity index (χ1) is 13.5. The van der Waals surface area contributed by atoms with Gasteiger partial charge in [0.1, 0.15) is 12.4 Å². The van der Waals surface area contributed by atoms with Crippen molar-refractivity contribution in [3.8, 4) is 0 Å². The summed E-state index contributed by atoms with van der Waals surface area (Å²) < 4.78 is 18.7. The van der Waals surface area contributed by atoms with Crippen LogP contribution in [0.2, 0.25) is 0 Å². The van der Waals surface area contributed by atoms with E-state index in [9.17, 15) is 14.0 Å². The third-order valence-electron chi connectivity index (χ3n) is 4.75. The molecule has 28 heavy (non-hydrogen) atoms. The van der Waals surface area contributed by atoms with Gasteiger partial charge in [0.2, 0.25) is 0 Å². The van der Waals surface area contributed by atoms with Crippen LogP contribution in [0.5, 0.6) is 0 Å². The molecule has 0 aliphatic carbocycles. The van der Waals surface area contributed by atoms with E-state index in [0.29, 0.717) is 29.4 Å². The number of benzene rings is 1. The average molecular weight is 382 g/mol. The molecule has 0 saturated carbocycles. The zero-order chi connectivity index (χ0) is 20.1. The van der Waals surface area contributed by atoms with E-state index in [1.54, 1.807) is 24.4 Å². The molecule has 2 aromatic rings. The van der Waals surface area contributed by atoms with Crippen molar-refractivity contribution in [3.05, 3.63) is 72.2 Å². The molecule has 1 amide bonds. The normalized spacial score (nSPS) is 17.4. The number of hydrogen-bond donors (Lipinski definition) is 1. The minimum Gasteiger partial charge on any atom is -0.445 e. The Hall–Kier alpha value is -3.15. The third kappa shape index (κ3) is 4.22. The van der Waals surface area contributed by atoms with Gasteiger partial charge in [-0.2, -0.15) is 0 Å². The maximum atomic E-state index is 13.4. The van der Waals surface area contributed by atoms with Crippen LogP contribution < -0.4 is 0 Å². The molecule has 1 aliphatic rings. The van der Waals surface area contributed by atoms with Crippen LogP contribution in [0.3, 0.4) is 0 Å². The summed E-state index contributed by atoms with van der Waals surface area (Å²) >= 11 is 0. The largest absolute Gasteiger partial charge is 0.445 e. The molecular formula is C22H23FN2O3. The Morgan fingerprint density at radius 3 is 3.00 bits per heavy atom. The number of halogens is 1. The number of aromatic nitrogens is 1. The Balaban J connectivity index is 1.70. The number of hydrogen-bond acceptors (Lipinski definition) is 3. The number of ether oxygens (including phenoxy) is 1. The van der Waals surface area contributed by atoms with Gasteiger partial charge >= 0.3 is 6.09 Å². The summed E-state index contributed by atoms with van der Waals surface area (Å²) in [5.41, 5.74) is 1.90. The number of carbonyl (C=O) groups is 2. The lowest BCUT2D eigenvalue weighted by molar-refractivity contribution is 0.0785. The lowest BCUT2D eigenvalue weighted by atomic mass is 10.0. The van der Waals surface area contributed by atoms with Crippen molar-refractivity contribution in [2.24, 2.45) is 0 Å². The number of likely N-dealkylation sites (tertiary alicyclic amines) is 1. The molecule has 1 atom stereocenters. The number of ketones is 1. The second-order valence-electron chi connectivity index (χ2n) is 6.80. The standard InChI is InChI=1S/C22H23FN2O3/c1-3-4-5-7-15(2)14-28-22(27)25-11-6-8-20(25)21(26)18-13-24-19-12-16(23)9-10-17(18)19/h3-5,7,9-10,12-13,20,24H,1,6,8,11,14H2,2H3/b5-4-,15-7+. The number of carbonyl (C=O) groups excluding carboxylic acids is 2. The maximum Gasteiger partial charge on any atom is 0.410 e. The van der Waals surface area contributed by atoms with E-state index >= 15 is 0 Å². The second kappa shape index (κ2) is 8.69. The summed E-state index contributed by atoms with van der Waals surface area (Å²) in [6.45, 7) is 6.09. The highest BCUT2D eigenvalue weighted by Crippen LogP contribution is 2.26. The number of nitrogens with one attached hydrogen (secondary N) is 1. The number of allylic oxidation sites excluding steroid dienone is 4. The Morgan fingerprint density at radius 2 is 2.21 bits per heavy atom. The topological polar surface area (TPSA) is 62.4 Å². The molecule has 0 bridgehead atoms. The summed E-state index contributed by atoms with van der Waals surface area (Å²) in [6, 6.07) is 3.69. The predicted molar refractivity (Wildman–Crippen MR) is 107 cm³/mol. The summed E-state index contributed by atoms with van der Waals surface area (Å²) in [5, 5.41) is 0.652. The highest BCUT2D eigenvalue weighted by molar-refractivity contribution is 6.11. The van der Waals surface area contributed by atoms with Crippen LogP contribution in [0.25, 0.3) is 10.9 Å². The van der Waals surface area contributed by atoms with E-state index in [1.807, 2.05) is 19.1 Å². The van der Waals surface area contributed by atoms with E-state index in [0.717, 1.165) is 12.0 Å². The molecule has 0 radical (unpaired) electrons. The van der Waals surface area contributed by atoms with E-state index in [-0.39, 0.29) is 18.2 Å². The number of amides is 1. The van der Waals surface area contributed by atoms with Gasteiger partial charge in [-0.05, 0) is 43.5 Å². The monoisotopic (exact) mass is 382 g/mol. The number of nitrogens with zero attached hydrogens (tertiary/aromatic N) is 1. The molecular weight excluding hydrogens is 359 g/mol. The third-order valence-corrected chi connectivity index (χ3v) is 4.75. The molecule has 5 nitrogen and oxygen atoms in total. The lowest BCUT2D eigenvalue weighted by Crippen LogP contribution is -2.41. The van der Waals surface area contributed by atoms with Crippen molar-refractivity contribution in [3.63, 3.8) is 0 Å². The fourth-order valence-electron chi connectivity index (χ4n) is 3.34. The second-order valence-corrected chi connectivity index (χ2v) is 6.80. The molecule has 1 aromatic heterocycles. The zero-order valence-electron chi connectivity index (χ0n) is 15.8. The average Bonchev–Trinajstić information content (AvgIpc) is 3.32. The Kier molecular flexibility index (Phi) is 6.09. The molecule has 1 aliphatic heterocycles. The number of Topliss-reactive ketones (excluding diaryl/α,β-unsaturated/α-hetero) is 1. The van der Waals surface area contributed by atoms with Crippen LogP contribution in [0.1, 0.15) is 30.1 Å². The van der Waals surface area contributed by atoms with Crippen LogP contribution >= 0.6 is 0 Å². The molecule has 1 unspecified atom stereocenters. The van der Waals surface area contributed by atoms with E-state index in [2.05, 4.69) is 11.6 Å². The lowest BCUT2D eigenvalue weighted by Gasteiger charge is -2.23. The van der Waals surface area contributed by atoms with Crippen molar-refractivity contribution in [2.75, 3.05) is 13.2 Å². The van der Waals surface area contributed by atoms with Gasteiger partial charge < -0.3 is 9.72 Å². The van der Waals surface area contributed by atoms with Crippen molar-refractivity contribution < 1.29 is 18.7 Å². The first-order valence-electron chi connectivity index (χ1n) is 9.20. The van der Waals surface area contributed by atoms with Gasteiger partial charge in [0.25, 0.3) is 0 Å². The van der Waals surface area contributed by atoms with Crippen molar-refractivity contribution >= 4 is 22.8 Å². The van der Waals surface area contributed by atoms with Crippen molar-refractivity contribution in [2.45, 2.75) is 25.8 Å². The summed E-state index contributed by atoms with van der Waals surface area (Å²) in [7, 11) is 0. The van der Waals surface area contributed by atoms with Crippen LogP contribution in [0.15, 0.2) is 60.9 Å². The number of rotatable bonds is 6. The van der Waals surface area contributed by atoms with Gasteiger partial charge in [0, 0.05) is 29.2 Å². The molecule has 1 N–H and O–H groups in total. The minimum absolute atomic E-state index is 0.157. The fourth-order valence-corrected chi connectivity index (χ4v) is 3.34. The van der Waals surface area contributed by atoms with Gasteiger partial charge in [-0.25, -0.2) is 9.18 Å². The number of H-pyrrole nitrogens is 1. The zero-order valence-corrected chi connectivity index (χ0v) is 15.8. The van der Waals surface area contributed by atoms with Crippen molar-refractivity contribution in [1.29, 1.82) is 0 Å². The fraction of sp³-hybridized carbons (Fsp3) is 0.273. The van der Waals surface area contributed by atoms with Gasteiger partial charge in [0.05, 0.1) is 6.04 Å². The SMILES string of the molecule is C=C/C=C\C=C(/C)COC(=O)N1CCCC1C(=O)c1c[nH]c2cc(F)ccc12. The van der Waals surface area contributed by atoms with Gasteiger partial charge in [-0.3, -0.25) is 9.69 Å². The van der Waals surface area contributed by atoms with Crippen molar-refractivity contribution in [1.82, 2.24) is 9.88 Å². The van der Waals surface area contributed by atoms with Gasteiger partial charge in [-0.15, -0.1) is 0 Å². The molecule has 1 fully saturated rings. The van der Waals surface area contributed by atoms with E-state index in [4.69, 9.17) is 4.74 Å². The highest BCUT2D eigenvalue weighted by Gasteiger charge is 2.36.